The van der Waals surface area contributed by atoms with Crippen LogP contribution < -0.4 is 0 Å². The summed E-state index contributed by atoms with van der Waals surface area (Å²) in [5.74, 6) is 1.52. The Bertz CT molecular complexity index is 265. The number of carboxylic acids is 1. The van der Waals surface area contributed by atoms with E-state index in [9.17, 15) is 4.79 Å². The first-order valence-corrected chi connectivity index (χ1v) is 6.39. The first-order chi connectivity index (χ1) is 7.09. The van der Waals surface area contributed by atoms with Gasteiger partial charge in [0.15, 0.2) is 0 Å². The molecule has 84 valence electrons. The second kappa shape index (κ2) is 3.13. The van der Waals surface area contributed by atoms with E-state index in [1.54, 1.807) is 0 Å². The lowest BCUT2D eigenvalue weighted by molar-refractivity contribution is -0.144. The summed E-state index contributed by atoms with van der Waals surface area (Å²) < 4.78 is 0. The van der Waals surface area contributed by atoms with Gasteiger partial charge in [0.2, 0.25) is 0 Å². The molecule has 0 unspecified atom stereocenters. The Morgan fingerprint density at radius 1 is 1.13 bits per heavy atom. The topological polar surface area (TPSA) is 37.3 Å². The summed E-state index contributed by atoms with van der Waals surface area (Å²) in [5, 5.41) is 8.46. The molecule has 2 nitrogen and oxygen atoms in total. The van der Waals surface area contributed by atoms with Crippen LogP contribution in [-0.2, 0) is 4.79 Å². The van der Waals surface area contributed by atoms with Gasteiger partial charge >= 0.3 is 5.97 Å². The lowest BCUT2D eigenvalue weighted by Gasteiger charge is -2.57. The highest BCUT2D eigenvalue weighted by atomic mass is 35.5. The van der Waals surface area contributed by atoms with E-state index < -0.39 is 11.3 Å². The summed E-state index contributed by atoms with van der Waals surface area (Å²) in [7, 11) is 0. The molecule has 4 rings (SSSR count). The number of halogens is 1. The van der Waals surface area contributed by atoms with Crippen LogP contribution in [0.5, 0.6) is 0 Å². The second-order valence-corrected chi connectivity index (χ2v) is 6.42. The minimum atomic E-state index is -0.807. The van der Waals surface area contributed by atoms with Gasteiger partial charge in [-0.25, -0.2) is 0 Å². The monoisotopic (exact) mass is 228 g/mol. The molecule has 4 bridgehead atoms. The van der Waals surface area contributed by atoms with Gasteiger partial charge < -0.3 is 5.11 Å². The molecule has 1 atom stereocenters. The third kappa shape index (κ3) is 1.41. The number of alkyl halides is 1. The van der Waals surface area contributed by atoms with E-state index >= 15 is 0 Å². The van der Waals surface area contributed by atoms with Crippen molar-refractivity contribution in [2.75, 3.05) is 0 Å². The molecule has 0 aliphatic heterocycles. The van der Waals surface area contributed by atoms with E-state index in [1.807, 2.05) is 0 Å². The minimum Gasteiger partial charge on any atom is -0.480 e. The molecule has 4 aliphatic rings. The van der Waals surface area contributed by atoms with Crippen molar-refractivity contribution >= 4 is 17.6 Å². The Balaban J connectivity index is 1.89. The van der Waals surface area contributed by atoms with E-state index in [2.05, 4.69) is 0 Å². The van der Waals surface area contributed by atoms with Crippen LogP contribution in [0.15, 0.2) is 0 Å². The summed E-state index contributed by atoms with van der Waals surface area (Å²) in [6.45, 7) is 0. The molecule has 0 amide bonds. The Hall–Kier alpha value is -0.240. The number of hydrogen-bond acceptors (Lipinski definition) is 1. The Morgan fingerprint density at radius 2 is 1.53 bits per heavy atom. The molecule has 3 heteroatoms. The zero-order valence-corrected chi connectivity index (χ0v) is 9.54. The van der Waals surface area contributed by atoms with Gasteiger partial charge in [-0.15, -0.1) is 11.6 Å². The molecule has 4 saturated carbocycles. The Kier molecular flexibility index (Phi) is 2.08. The molecule has 15 heavy (non-hydrogen) atoms. The van der Waals surface area contributed by atoms with Gasteiger partial charge in [0.25, 0.3) is 0 Å². The zero-order chi connectivity index (χ0) is 10.6. The smallest absolute Gasteiger partial charge is 0.322 e. The van der Waals surface area contributed by atoms with E-state index in [0.717, 1.165) is 37.0 Å². The van der Waals surface area contributed by atoms with Gasteiger partial charge in [-0.2, -0.15) is 0 Å². The summed E-state index contributed by atoms with van der Waals surface area (Å²) in [6, 6.07) is 0. The maximum absolute atomic E-state index is 11.1. The molecule has 0 radical (unpaired) electrons. The zero-order valence-electron chi connectivity index (χ0n) is 8.79. The van der Waals surface area contributed by atoms with Crippen molar-refractivity contribution in [2.24, 2.45) is 23.2 Å². The maximum Gasteiger partial charge on any atom is 0.322 e. The van der Waals surface area contributed by atoms with Crippen molar-refractivity contribution in [3.8, 4) is 0 Å². The van der Waals surface area contributed by atoms with Gasteiger partial charge in [-0.3, -0.25) is 4.79 Å². The number of hydrogen-bond donors (Lipinski definition) is 1. The first kappa shape index (κ1) is 9.95. The molecule has 0 aromatic carbocycles. The van der Waals surface area contributed by atoms with E-state index in [0.29, 0.717) is 0 Å². The molecule has 4 aliphatic carbocycles. The van der Waals surface area contributed by atoms with Crippen molar-refractivity contribution in [1.82, 2.24) is 0 Å². The largest absolute Gasteiger partial charge is 0.480 e. The normalized spacial score (nSPS) is 49.3. The van der Waals surface area contributed by atoms with Crippen molar-refractivity contribution in [3.05, 3.63) is 0 Å². The van der Waals surface area contributed by atoms with Crippen LogP contribution in [0.25, 0.3) is 0 Å². The lowest BCUT2D eigenvalue weighted by atomic mass is 9.48. The summed E-state index contributed by atoms with van der Waals surface area (Å²) >= 11 is 6.14. The van der Waals surface area contributed by atoms with Crippen molar-refractivity contribution in [1.29, 1.82) is 0 Å². The molecule has 1 N–H and O–H groups in total. The number of aliphatic carboxylic acids is 1. The van der Waals surface area contributed by atoms with Gasteiger partial charge in [0, 0.05) is 0 Å². The first-order valence-electron chi connectivity index (χ1n) is 5.96. The predicted molar refractivity (Wildman–Crippen MR) is 57.9 cm³/mol. The van der Waals surface area contributed by atoms with E-state index in [4.69, 9.17) is 16.7 Å². The third-order valence-corrected chi connectivity index (χ3v) is 5.49. The van der Waals surface area contributed by atoms with Gasteiger partial charge in [-0.1, -0.05) is 0 Å². The summed E-state index contributed by atoms with van der Waals surface area (Å²) in [4.78, 5) is 11.1. The lowest BCUT2D eigenvalue weighted by Crippen LogP contribution is -2.52. The average Bonchev–Trinajstić information content (AvgIpc) is 2.14. The summed E-state index contributed by atoms with van der Waals surface area (Å²) in [5.41, 5.74) is -0.0534. The highest BCUT2D eigenvalue weighted by Crippen LogP contribution is 2.62. The fourth-order valence-electron chi connectivity index (χ4n) is 4.75. The third-order valence-electron chi connectivity index (χ3n) is 4.84. The Morgan fingerprint density at radius 3 is 1.87 bits per heavy atom. The van der Waals surface area contributed by atoms with Crippen molar-refractivity contribution < 1.29 is 9.90 Å². The van der Waals surface area contributed by atoms with Gasteiger partial charge in [0.05, 0.1) is 0 Å². The number of carboxylic acid groups (broad SMARTS) is 1. The number of carbonyl (C=O) groups is 1. The molecule has 0 spiro atoms. The quantitative estimate of drug-likeness (QED) is 0.738. The Labute approximate surface area is 95.0 Å². The maximum atomic E-state index is 11.1. The fraction of sp³-hybridized carbons (Fsp3) is 0.917. The SMILES string of the molecule is O=C(O)[C@@H](Cl)C12CC3CC(CC(C3)C1)C2. The molecule has 0 saturated heterocycles. The fourth-order valence-corrected chi connectivity index (χ4v) is 5.02. The standard InChI is InChI=1S/C12H17ClO2/c13-10(11(14)15)12-4-7-1-8(5-12)3-9(2-7)6-12/h7-10H,1-6H2,(H,14,15)/t7?,8?,9?,10-,12?/m1/s1. The highest BCUT2D eigenvalue weighted by molar-refractivity contribution is 6.30. The molecule has 0 aromatic heterocycles. The average molecular weight is 229 g/mol. The molecule has 0 heterocycles. The summed E-state index contributed by atoms with van der Waals surface area (Å²) in [6.07, 6.45) is 7.21. The van der Waals surface area contributed by atoms with Crippen LogP contribution in [0.2, 0.25) is 0 Å². The van der Waals surface area contributed by atoms with Crippen LogP contribution in [0, 0.1) is 23.2 Å². The van der Waals surface area contributed by atoms with E-state index in [1.165, 1.54) is 19.3 Å². The number of rotatable bonds is 2. The molecular formula is C12H17ClO2. The minimum absolute atomic E-state index is 0.0534. The van der Waals surface area contributed by atoms with Crippen LogP contribution in [0.3, 0.4) is 0 Å². The van der Waals surface area contributed by atoms with Crippen LogP contribution in [0.4, 0.5) is 0 Å². The van der Waals surface area contributed by atoms with Gasteiger partial charge in [0.1, 0.15) is 5.38 Å². The molecule has 0 aromatic rings. The van der Waals surface area contributed by atoms with E-state index in [-0.39, 0.29) is 5.41 Å². The predicted octanol–water partition coefficient (Wildman–Crippen LogP) is 2.89. The highest BCUT2D eigenvalue weighted by Gasteiger charge is 2.55. The van der Waals surface area contributed by atoms with Crippen LogP contribution >= 0.6 is 11.6 Å². The van der Waals surface area contributed by atoms with Crippen LogP contribution in [-0.4, -0.2) is 16.5 Å². The second-order valence-electron chi connectivity index (χ2n) is 5.98. The van der Waals surface area contributed by atoms with Gasteiger partial charge in [-0.05, 0) is 61.7 Å². The van der Waals surface area contributed by atoms with Crippen molar-refractivity contribution in [2.45, 2.75) is 43.9 Å². The van der Waals surface area contributed by atoms with Crippen LogP contribution in [0.1, 0.15) is 38.5 Å². The molecular weight excluding hydrogens is 212 g/mol. The van der Waals surface area contributed by atoms with Crippen molar-refractivity contribution in [3.63, 3.8) is 0 Å². The molecule has 4 fully saturated rings.